The van der Waals surface area contributed by atoms with Gasteiger partial charge in [0.05, 0.1) is 18.1 Å². The Balaban J connectivity index is 1.48. The number of carbonyl (C=O) groups excluding carboxylic acids is 1. The Hall–Kier alpha value is -1.99. The average Bonchev–Trinajstić information content (AvgIpc) is 3.10. The van der Waals surface area contributed by atoms with Gasteiger partial charge in [-0.15, -0.1) is 0 Å². The molecule has 31 heavy (non-hydrogen) atoms. The van der Waals surface area contributed by atoms with Crippen LogP contribution >= 0.6 is 11.6 Å². The summed E-state index contributed by atoms with van der Waals surface area (Å²) in [4.78, 5) is 14.7. The van der Waals surface area contributed by atoms with Crippen molar-refractivity contribution in [2.24, 2.45) is 5.92 Å². The van der Waals surface area contributed by atoms with E-state index in [9.17, 15) is 13.2 Å². The van der Waals surface area contributed by atoms with Gasteiger partial charge in [0.1, 0.15) is 17.3 Å². The largest absolute Gasteiger partial charge is 0.484 e. The number of ether oxygens (including phenoxy) is 1. The Kier molecular flexibility index (Phi) is 6.10. The molecule has 0 N–H and O–H groups in total. The van der Waals surface area contributed by atoms with Crippen LogP contribution in [0.1, 0.15) is 48.3 Å². The zero-order valence-corrected chi connectivity index (χ0v) is 19.6. The molecule has 1 aromatic heterocycles. The van der Waals surface area contributed by atoms with Crippen LogP contribution in [-0.4, -0.2) is 43.4 Å². The van der Waals surface area contributed by atoms with E-state index in [1.807, 2.05) is 26.0 Å². The molecule has 4 rings (SSSR count). The highest BCUT2D eigenvalue weighted by atomic mass is 35.5. The summed E-state index contributed by atoms with van der Waals surface area (Å²) in [7, 11) is -3.13. The summed E-state index contributed by atoms with van der Waals surface area (Å²) in [6.07, 6.45) is 1.55. The Morgan fingerprint density at radius 2 is 1.94 bits per heavy atom. The van der Waals surface area contributed by atoms with Crippen LogP contribution in [-0.2, 0) is 21.2 Å². The smallest absolute Gasteiger partial charge is 0.261 e. The molecule has 1 amide bonds. The minimum Gasteiger partial charge on any atom is -0.484 e. The Morgan fingerprint density at radius 1 is 1.26 bits per heavy atom. The van der Waals surface area contributed by atoms with Crippen molar-refractivity contribution < 1.29 is 22.4 Å². The molecule has 0 bridgehead atoms. The maximum Gasteiger partial charge on any atom is 0.261 e. The topological polar surface area (TPSA) is 76.8 Å². The molecule has 2 aliphatic rings. The van der Waals surface area contributed by atoms with Crippen LogP contribution in [0.5, 0.6) is 5.75 Å². The monoisotopic (exact) mass is 465 g/mol. The van der Waals surface area contributed by atoms with E-state index in [1.54, 1.807) is 17.0 Å². The molecule has 8 heteroatoms. The van der Waals surface area contributed by atoms with Crippen LogP contribution in [0.3, 0.4) is 0 Å². The van der Waals surface area contributed by atoms with E-state index < -0.39 is 9.84 Å². The number of hydrogen-bond acceptors (Lipinski definition) is 5. The van der Waals surface area contributed by atoms with Gasteiger partial charge in [0.15, 0.2) is 16.4 Å². The van der Waals surface area contributed by atoms with E-state index in [-0.39, 0.29) is 36.6 Å². The molecule has 3 atom stereocenters. The van der Waals surface area contributed by atoms with E-state index in [4.69, 9.17) is 20.8 Å². The van der Waals surface area contributed by atoms with Gasteiger partial charge in [-0.1, -0.05) is 18.5 Å². The lowest BCUT2D eigenvalue weighted by Crippen LogP contribution is -2.43. The second kappa shape index (κ2) is 8.51. The zero-order chi connectivity index (χ0) is 22.3. The summed E-state index contributed by atoms with van der Waals surface area (Å²) in [6, 6.07) is 7.07. The predicted octanol–water partition coefficient (Wildman–Crippen LogP) is 4.27. The molecule has 2 fully saturated rings. The first-order valence-electron chi connectivity index (χ1n) is 10.6. The van der Waals surface area contributed by atoms with Crippen LogP contribution in [0.25, 0.3) is 0 Å². The van der Waals surface area contributed by atoms with Gasteiger partial charge >= 0.3 is 0 Å². The molecule has 6 nitrogen and oxygen atoms in total. The van der Waals surface area contributed by atoms with Gasteiger partial charge in [-0.3, -0.25) is 4.79 Å². The Bertz CT molecular complexity index is 1070. The van der Waals surface area contributed by atoms with Gasteiger partial charge in [-0.2, -0.15) is 0 Å². The van der Waals surface area contributed by atoms with Gasteiger partial charge < -0.3 is 14.1 Å². The molecule has 0 spiro atoms. The number of carbonyl (C=O) groups is 1. The number of halogens is 1. The van der Waals surface area contributed by atoms with E-state index in [0.29, 0.717) is 34.8 Å². The number of amides is 1. The highest BCUT2D eigenvalue weighted by Gasteiger charge is 2.38. The molecular formula is C23H28ClNO5S. The van der Waals surface area contributed by atoms with Crippen LogP contribution in [0.15, 0.2) is 28.7 Å². The van der Waals surface area contributed by atoms with Crippen LogP contribution in [0, 0.1) is 19.8 Å². The summed E-state index contributed by atoms with van der Waals surface area (Å²) < 4.78 is 35.8. The molecule has 3 unspecified atom stereocenters. The molecule has 1 aliphatic heterocycles. The van der Waals surface area contributed by atoms with E-state index in [1.165, 1.54) is 0 Å². The van der Waals surface area contributed by atoms with Crippen molar-refractivity contribution in [1.29, 1.82) is 0 Å². The van der Waals surface area contributed by atoms with Crippen LogP contribution < -0.4 is 4.74 Å². The Labute approximate surface area is 188 Å². The lowest BCUT2D eigenvalue weighted by molar-refractivity contribution is -0.136. The van der Waals surface area contributed by atoms with Crippen molar-refractivity contribution >= 4 is 27.3 Å². The maximum atomic E-state index is 13.1. The molecule has 1 aromatic carbocycles. The summed E-state index contributed by atoms with van der Waals surface area (Å²) in [5.41, 5.74) is 1.75. The minimum absolute atomic E-state index is 0.0227. The zero-order valence-electron chi connectivity index (χ0n) is 18.1. The number of nitrogens with zero attached hydrogens (tertiary/aromatic N) is 1. The second-order valence-corrected chi connectivity index (χ2v) is 11.5. The van der Waals surface area contributed by atoms with Crippen molar-refractivity contribution in [2.45, 2.75) is 52.1 Å². The number of aryl methyl sites for hydroxylation is 2. The van der Waals surface area contributed by atoms with Crippen molar-refractivity contribution in [3.63, 3.8) is 0 Å². The van der Waals surface area contributed by atoms with Crippen molar-refractivity contribution in [3.05, 3.63) is 51.9 Å². The second-order valence-electron chi connectivity index (χ2n) is 8.86. The first-order valence-corrected chi connectivity index (χ1v) is 12.8. The van der Waals surface area contributed by atoms with Gasteiger partial charge in [0, 0.05) is 17.0 Å². The van der Waals surface area contributed by atoms with E-state index >= 15 is 0 Å². The first-order chi connectivity index (χ1) is 14.6. The minimum atomic E-state index is -3.13. The van der Waals surface area contributed by atoms with Crippen LogP contribution in [0.2, 0.25) is 5.02 Å². The third-order valence-electron chi connectivity index (χ3n) is 6.23. The summed E-state index contributed by atoms with van der Waals surface area (Å²) in [5, 5.41) is 0.676. The van der Waals surface area contributed by atoms with E-state index in [0.717, 1.165) is 23.3 Å². The number of sulfone groups is 1. The molecule has 1 saturated carbocycles. The van der Waals surface area contributed by atoms with Gasteiger partial charge in [0.25, 0.3) is 5.91 Å². The third-order valence-corrected chi connectivity index (χ3v) is 8.57. The molecule has 1 aliphatic carbocycles. The fourth-order valence-corrected chi connectivity index (χ4v) is 6.06. The average molecular weight is 466 g/mol. The number of furan rings is 1. The fraction of sp³-hybridized carbons (Fsp3) is 0.522. The SMILES string of the molecule is Cc1cc(OCC(=O)N(Cc2ccc(C3CC3C)o2)C2CCS(=O)(=O)C2)cc(C)c1Cl. The molecule has 2 heterocycles. The van der Waals surface area contributed by atoms with Gasteiger partial charge in [-0.05, 0) is 68.0 Å². The van der Waals surface area contributed by atoms with Crippen molar-refractivity contribution in [3.8, 4) is 5.75 Å². The lowest BCUT2D eigenvalue weighted by atomic mass is 10.1. The summed E-state index contributed by atoms with van der Waals surface area (Å²) in [5.74, 6) is 3.06. The number of hydrogen-bond donors (Lipinski definition) is 0. The van der Waals surface area contributed by atoms with Crippen LogP contribution in [0.4, 0.5) is 0 Å². The molecule has 2 aromatic rings. The fourth-order valence-electron chi connectivity index (χ4n) is 4.22. The molecular weight excluding hydrogens is 438 g/mol. The number of benzene rings is 1. The normalized spacial score (nSPS) is 24.2. The van der Waals surface area contributed by atoms with Crippen molar-refractivity contribution in [2.75, 3.05) is 18.1 Å². The van der Waals surface area contributed by atoms with Gasteiger partial charge in [-0.25, -0.2) is 8.42 Å². The third kappa shape index (κ3) is 5.09. The first kappa shape index (κ1) is 22.2. The standard InChI is InChI=1S/C23H28ClNO5S/c1-14-10-20(14)21-5-4-18(30-21)11-25(17-6-7-31(27,28)13-17)22(26)12-29-19-8-15(2)23(24)16(3)9-19/h4-5,8-9,14,17,20H,6-7,10-13H2,1-3H3. The predicted molar refractivity (Wildman–Crippen MR) is 119 cm³/mol. The summed E-state index contributed by atoms with van der Waals surface area (Å²) in [6.45, 7) is 6.01. The highest BCUT2D eigenvalue weighted by Crippen LogP contribution is 2.47. The number of rotatable bonds is 7. The highest BCUT2D eigenvalue weighted by molar-refractivity contribution is 7.91. The molecule has 1 saturated heterocycles. The maximum absolute atomic E-state index is 13.1. The van der Waals surface area contributed by atoms with Gasteiger partial charge in [0.2, 0.25) is 0 Å². The van der Waals surface area contributed by atoms with Crippen molar-refractivity contribution in [1.82, 2.24) is 4.90 Å². The summed E-state index contributed by atoms with van der Waals surface area (Å²) >= 11 is 6.21. The molecule has 168 valence electrons. The quantitative estimate of drug-likeness (QED) is 0.610. The van der Waals surface area contributed by atoms with E-state index in [2.05, 4.69) is 6.92 Å². The lowest BCUT2D eigenvalue weighted by Gasteiger charge is -2.27. The Morgan fingerprint density at radius 3 is 2.52 bits per heavy atom. The molecule has 0 radical (unpaired) electrons.